The van der Waals surface area contributed by atoms with Crippen molar-refractivity contribution in [3.8, 4) is 5.75 Å². The van der Waals surface area contributed by atoms with Crippen molar-refractivity contribution in [1.29, 1.82) is 0 Å². The summed E-state index contributed by atoms with van der Waals surface area (Å²) in [5.41, 5.74) is 2.21. The van der Waals surface area contributed by atoms with Gasteiger partial charge in [-0.1, -0.05) is 60.7 Å². The number of aryl methyl sites for hydroxylation is 1. The van der Waals surface area contributed by atoms with Crippen LogP contribution in [0.25, 0.3) is 10.9 Å². The fourth-order valence-corrected chi connectivity index (χ4v) is 6.16. The first-order valence-corrected chi connectivity index (χ1v) is 16.0. The first-order valence-electron chi connectivity index (χ1n) is 16.0. The number of ether oxygens (including phenoxy) is 2. The summed E-state index contributed by atoms with van der Waals surface area (Å²) in [7, 11) is 1.54. The molecular formula is C36H44ClN3O6. The van der Waals surface area contributed by atoms with Gasteiger partial charge in [0, 0.05) is 32.6 Å². The second-order valence-electron chi connectivity index (χ2n) is 11.7. The van der Waals surface area contributed by atoms with E-state index in [9.17, 15) is 14.4 Å². The molecule has 0 atom stereocenters. The lowest BCUT2D eigenvalue weighted by Crippen LogP contribution is -2.40. The lowest BCUT2D eigenvalue weighted by Gasteiger charge is -2.34. The number of aromatic nitrogens is 2. The fourth-order valence-electron chi connectivity index (χ4n) is 6.16. The number of carboxylic acids is 1. The highest BCUT2D eigenvalue weighted by molar-refractivity contribution is 5.85. The van der Waals surface area contributed by atoms with Crippen LogP contribution in [0.15, 0.2) is 88.5 Å². The molecule has 0 amide bonds. The minimum Gasteiger partial charge on any atom is -0.497 e. The zero-order valence-electron chi connectivity index (χ0n) is 26.4. The normalized spacial score (nSPS) is 14.0. The third kappa shape index (κ3) is 8.87. The Kier molecular flexibility index (Phi) is 13.0. The Morgan fingerprint density at radius 3 is 2.02 bits per heavy atom. The molecule has 1 fully saturated rings. The largest absolute Gasteiger partial charge is 0.497 e. The number of aliphatic carboxylic acids is 1. The highest BCUT2D eigenvalue weighted by Crippen LogP contribution is 2.30. The van der Waals surface area contributed by atoms with Crippen LogP contribution in [0, 0.1) is 0 Å². The molecule has 0 spiro atoms. The molecule has 1 N–H and O–H groups in total. The first kappa shape index (κ1) is 34.9. The predicted molar refractivity (Wildman–Crippen MR) is 182 cm³/mol. The van der Waals surface area contributed by atoms with Gasteiger partial charge in [0.25, 0.3) is 5.56 Å². The molecule has 1 saturated heterocycles. The Hall–Kier alpha value is -3.92. The molecule has 1 aliphatic heterocycles. The van der Waals surface area contributed by atoms with E-state index in [1.54, 1.807) is 29.9 Å². The fraction of sp³-hybridized carbons (Fsp3) is 0.417. The van der Waals surface area contributed by atoms with Crippen molar-refractivity contribution in [3.05, 3.63) is 111 Å². The van der Waals surface area contributed by atoms with Gasteiger partial charge in [0.2, 0.25) is 0 Å². The number of nitrogens with zero attached hydrogens (tertiary/aromatic N) is 3. The van der Waals surface area contributed by atoms with Crippen molar-refractivity contribution in [2.75, 3.05) is 26.7 Å². The Labute approximate surface area is 275 Å². The number of hydrogen-bond donors (Lipinski definition) is 1. The maximum atomic E-state index is 13.5. The van der Waals surface area contributed by atoms with Crippen molar-refractivity contribution < 1.29 is 19.4 Å². The maximum absolute atomic E-state index is 13.5. The second-order valence-corrected chi connectivity index (χ2v) is 11.7. The molecule has 46 heavy (non-hydrogen) atoms. The van der Waals surface area contributed by atoms with Gasteiger partial charge in [0.1, 0.15) is 11.9 Å². The summed E-state index contributed by atoms with van der Waals surface area (Å²) in [4.78, 5) is 40.1. The number of benzene rings is 3. The Morgan fingerprint density at radius 1 is 0.826 bits per heavy atom. The molecule has 1 aromatic heterocycles. The smallest absolute Gasteiger partial charge is 0.331 e. The van der Waals surface area contributed by atoms with E-state index < -0.39 is 5.97 Å². The van der Waals surface area contributed by atoms with Crippen molar-refractivity contribution in [3.63, 3.8) is 0 Å². The summed E-state index contributed by atoms with van der Waals surface area (Å²) in [6, 6.07) is 26.0. The predicted octanol–water partition coefficient (Wildman–Crippen LogP) is 5.90. The van der Waals surface area contributed by atoms with Gasteiger partial charge in [0.15, 0.2) is 0 Å². The average Bonchev–Trinajstić information content (AvgIpc) is 3.07. The minimum atomic E-state index is -0.886. The number of unbranched alkanes of at least 4 members (excludes halogenated alkanes) is 2. The van der Waals surface area contributed by atoms with Gasteiger partial charge in [0.05, 0.1) is 24.1 Å². The van der Waals surface area contributed by atoms with Crippen molar-refractivity contribution in [2.24, 2.45) is 0 Å². The third-order valence-electron chi connectivity index (χ3n) is 8.63. The van der Waals surface area contributed by atoms with E-state index in [0.29, 0.717) is 36.0 Å². The number of methoxy groups -OCH3 is 1. The van der Waals surface area contributed by atoms with Gasteiger partial charge in [-0.15, -0.1) is 12.4 Å². The van der Waals surface area contributed by atoms with Crippen molar-refractivity contribution >= 4 is 29.3 Å². The highest BCUT2D eigenvalue weighted by Gasteiger charge is 2.24. The number of fused-ring (bicyclic) bond motifs is 1. The number of halogens is 1. The van der Waals surface area contributed by atoms with E-state index in [1.165, 1.54) is 15.7 Å². The molecule has 0 bridgehead atoms. The quantitative estimate of drug-likeness (QED) is 0.160. The van der Waals surface area contributed by atoms with Crippen LogP contribution in [0.3, 0.4) is 0 Å². The first-order chi connectivity index (χ1) is 21.9. The summed E-state index contributed by atoms with van der Waals surface area (Å²) < 4.78 is 15.0. The number of piperidine rings is 1. The van der Waals surface area contributed by atoms with E-state index >= 15 is 0 Å². The van der Waals surface area contributed by atoms with Gasteiger partial charge in [-0.3, -0.25) is 18.7 Å². The molecule has 5 rings (SSSR count). The maximum Gasteiger partial charge on any atom is 0.331 e. The molecule has 4 aromatic rings. The van der Waals surface area contributed by atoms with Crippen LogP contribution in [-0.2, 0) is 22.6 Å². The SMILES string of the molecule is COc1ccc2c(c1)c(=O)n(CCCCC(=O)O)c(=O)n2CCCCN1CCC(OC(c2ccccc2)c2ccccc2)CC1.Cl. The van der Waals surface area contributed by atoms with Gasteiger partial charge in [-0.05, 0) is 74.4 Å². The molecule has 0 radical (unpaired) electrons. The van der Waals surface area contributed by atoms with Crippen LogP contribution in [-0.4, -0.2) is 58.0 Å². The number of hydrogen-bond acceptors (Lipinski definition) is 6. The molecule has 2 heterocycles. The van der Waals surface area contributed by atoms with Gasteiger partial charge in [-0.25, -0.2) is 4.79 Å². The Morgan fingerprint density at radius 2 is 1.41 bits per heavy atom. The number of carboxylic acid groups (broad SMARTS) is 1. The molecule has 0 aliphatic carbocycles. The number of likely N-dealkylation sites (tertiary alicyclic amines) is 1. The van der Waals surface area contributed by atoms with Crippen LogP contribution < -0.4 is 16.0 Å². The third-order valence-corrected chi connectivity index (χ3v) is 8.63. The van der Waals surface area contributed by atoms with Crippen LogP contribution >= 0.6 is 12.4 Å². The van der Waals surface area contributed by atoms with Crippen molar-refractivity contribution in [2.45, 2.75) is 70.2 Å². The van der Waals surface area contributed by atoms with E-state index in [4.69, 9.17) is 14.6 Å². The molecule has 246 valence electrons. The number of carbonyl (C=O) groups is 1. The van der Waals surface area contributed by atoms with Crippen LogP contribution in [0.5, 0.6) is 5.75 Å². The summed E-state index contributed by atoms with van der Waals surface area (Å²) in [5, 5.41) is 9.38. The van der Waals surface area contributed by atoms with Gasteiger partial charge in [-0.2, -0.15) is 0 Å². The molecule has 3 aromatic carbocycles. The lowest BCUT2D eigenvalue weighted by molar-refractivity contribution is -0.137. The standard InChI is InChI=1S/C36H43N3O6.ClH/c1-44-30-17-18-32-31(26-30)35(42)39(23-9-8-16-33(40)41)36(43)38(32)22-11-10-21-37-24-19-29(20-25-37)45-34(27-12-4-2-5-13-27)28-14-6-3-7-15-28;/h2-7,12-15,17-18,26,29,34H,8-11,16,19-25H2,1H3,(H,40,41);1H. The van der Waals surface area contributed by atoms with E-state index in [-0.39, 0.29) is 48.8 Å². The second kappa shape index (κ2) is 17.1. The zero-order valence-corrected chi connectivity index (χ0v) is 27.2. The summed E-state index contributed by atoms with van der Waals surface area (Å²) in [5.74, 6) is -0.336. The summed E-state index contributed by atoms with van der Waals surface area (Å²) in [6.07, 6.45) is 4.59. The molecule has 9 nitrogen and oxygen atoms in total. The van der Waals surface area contributed by atoms with Gasteiger partial charge < -0.3 is 19.5 Å². The molecule has 0 saturated carbocycles. The van der Waals surface area contributed by atoms with E-state index in [2.05, 4.69) is 53.4 Å². The highest BCUT2D eigenvalue weighted by atomic mass is 35.5. The average molecular weight is 650 g/mol. The van der Waals surface area contributed by atoms with Crippen LogP contribution in [0.4, 0.5) is 0 Å². The molecule has 0 unspecified atom stereocenters. The minimum absolute atomic E-state index is 0. The lowest BCUT2D eigenvalue weighted by atomic mass is 10.00. The van der Waals surface area contributed by atoms with Crippen LogP contribution in [0.1, 0.15) is 62.2 Å². The number of rotatable bonds is 15. The van der Waals surface area contributed by atoms with Crippen LogP contribution in [0.2, 0.25) is 0 Å². The molecule has 1 aliphatic rings. The van der Waals surface area contributed by atoms with Gasteiger partial charge >= 0.3 is 11.7 Å². The van der Waals surface area contributed by atoms with E-state index in [1.807, 2.05) is 12.1 Å². The molecule has 10 heteroatoms. The Balaban J connectivity index is 0.00000480. The Bertz CT molecular complexity index is 1630. The summed E-state index contributed by atoms with van der Waals surface area (Å²) in [6.45, 7) is 3.54. The van der Waals surface area contributed by atoms with Crippen molar-refractivity contribution in [1.82, 2.24) is 14.0 Å². The topological polar surface area (TPSA) is 103 Å². The van der Waals surface area contributed by atoms with E-state index in [0.717, 1.165) is 45.3 Å². The summed E-state index contributed by atoms with van der Waals surface area (Å²) >= 11 is 0. The zero-order chi connectivity index (χ0) is 31.6. The molecular weight excluding hydrogens is 606 g/mol. The monoisotopic (exact) mass is 649 g/mol.